The first-order valence-electron chi connectivity index (χ1n) is 8.44. The molecule has 9 heteroatoms. The van der Waals surface area contributed by atoms with Crippen molar-refractivity contribution in [2.24, 2.45) is 0 Å². The van der Waals surface area contributed by atoms with Crippen molar-refractivity contribution in [2.45, 2.75) is 29.7 Å². The van der Waals surface area contributed by atoms with Gasteiger partial charge in [0.25, 0.3) is 5.91 Å². The van der Waals surface area contributed by atoms with E-state index in [9.17, 15) is 18.0 Å². The number of rotatable bonds is 8. The average molecular weight is 423 g/mol. The van der Waals surface area contributed by atoms with Gasteiger partial charge in [-0.15, -0.1) is 11.8 Å². The second-order valence-electron chi connectivity index (χ2n) is 6.16. The number of hydrogen-bond donors (Lipinski definition) is 2. The van der Waals surface area contributed by atoms with Gasteiger partial charge >= 0.3 is 5.97 Å². The lowest BCUT2D eigenvalue weighted by Crippen LogP contribution is -2.30. The van der Waals surface area contributed by atoms with E-state index in [1.54, 1.807) is 31.7 Å². The number of carbonyl (C=O) groups excluding carboxylic acids is 2. The Labute approximate surface area is 168 Å². The van der Waals surface area contributed by atoms with E-state index in [1.807, 2.05) is 24.5 Å². The number of thioether (sulfide) groups is 1. The summed E-state index contributed by atoms with van der Waals surface area (Å²) >= 11 is 1.55. The van der Waals surface area contributed by atoms with Crippen LogP contribution in [0.4, 0.5) is 5.69 Å². The number of anilines is 1. The van der Waals surface area contributed by atoms with E-state index in [0.29, 0.717) is 5.69 Å². The van der Waals surface area contributed by atoms with Crippen LogP contribution in [0.15, 0.2) is 58.3 Å². The van der Waals surface area contributed by atoms with Crippen LogP contribution in [-0.2, 0) is 19.6 Å². The predicted molar refractivity (Wildman–Crippen MR) is 109 cm³/mol. The van der Waals surface area contributed by atoms with Crippen molar-refractivity contribution < 1.29 is 22.7 Å². The van der Waals surface area contributed by atoms with E-state index in [2.05, 4.69) is 10.0 Å². The zero-order valence-corrected chi connectivity index (χ0v) is 17.4. The van der Waals surface area contributed by atoms with Gasteiger partial charge in [-0.2, -0.15) is 0 Å². The third kappa shape index (κ3) is 6.36. The second kappa shape index (κ2) is 9.72. The van der Waals surface area contributed by atoms with E-state index in [-0.39, 0.29) is 16.5 Å². The van der Waals surface area contributed by atoms with Crippen LogP contribution >= 0.6 is 11.8 Å². The monoisotopic (exact) mass is 422 g/mol. The molecule has 0 bridgehead atoms. The summed E-state index contributed by atoms with van der Waals surface area (Å²) in [7, 11) is -3.64. The molecule has 2 N–H and O–H groups in total. The Morgan fingerprint density at radius 1 is 1.11 bits per heavy atom. The molecule has 1 amide bonds. The van der Waals surface area contributed by atoms with Gasteiger partial charge in [0.15, 0.2) is 6.61 Å². The molecule has 0 saturated carbocycles. The van der Waals surface area contributed by atoms with Gasteiger partial charge in [-0.3, -0.25) is 4.79 Å². The smallest absolute Gasteiger partial charge is 0.338 e. The van der Waals surface area contributed by atoms with Crippen LogP contribution in [-0.4, -0.2) is 39.2 Å². The maximum atomic E-state index is 12.1. The van der Waals surface area contributed by atoms with Crippen molar-refractivity contribution >= 4 is 39.3 Å². The molecule has 2 aromatic carbocycles. The molecule has 28 heavy (non-hydrogen) atoms. The Hall–Kier alpha value is -2.36. The number of sulfonamides is 1. The molecule has 2 rings (SSSR count). The standard InChI is InChI=1S/C19H22N2O5S2/c1-13(2)21-28(24,25)17-9-7-14(8-10-17)19(23)26-12-18(22)20-15-5-4-6-16(11-15)27-3/h4-11,13,21H,12H2,1-3H3,(H,20,22). The summed E-state index contributed by atoms with van der Waals surface area (Å²) in [5.41, 5.74) is 0.765. The van der Waals surface area contributed by atoms with Gasteiger partial charge in [0.1, 0.15) is 0 Å². The van der Waals surface area contributed by atoms with E-state index >= 15 is 0 Å². The van der Waals surface area contributed by atoms with E-state index in [0.717, 1.165) is 4.90 Å². The number of esters is 1. The number of amides is 1. The molecule has 0 saturated heterocycles. The van der Waals surface area contributed by atoms with Crippen LogP contribution in [0.1, 0.15) is 24.2 Å². The predicted octanol–water partition coefficient (Wildman–Crippen LogP) is 2.89. The minimum absolute atomic E-state index is 0.0455. The normalized spacial score (nSPS) is 11.3. The maximum absolute atomic E-state index is 12.1. The zero-order valence-electron chi connectivity index (χ0n) is 15.8. The average Bonchev–Trinajstić information content (AvgIpc) is 2.65. The Kier molecular flexibility index (Phi) is 7.61. The summed E-state index contributed by atoms with van der Waals surface area (Å²) in [5, 5.41) is 2.65. The zero-order chi connectivity index (χ0) is 20.7. The Balaban J connectivity index is 1.93. The first kappa shape index (κ1) is 21.9. The van der Waals surface area contributed by atoms with Crippen LogP contribution in [0.5, 0.6) is 0 Å². The summed E-state index contributed by atoms with van der Waals surface area (Å²) in [4.78, 5) is 25.1. The van der Waals surface area contributed by atoms with E-state index in [1.165, 1.54) is 24.3 Å². The lowest BCUT2D eigenvalue weighted by Gasteiger charge is -2.10. The van der Waals surface area contributed by atoms with Crippen LogP contribution < -0.4 is 10.0 Å². The second-order valence-corrected chi connectivity index (χ2v) is 8.75. The van der Waals surface area contributed by atoms with E-state index < -0.39 is 28.5 Å². The lowest BCUT2D eigenvalue weighted by atomic mass is 10.2. The molecule has 7 nitrogen and oxygen atoms in total. The third-order valence-corrected chi connectivity index (χ3v) is 5.88. The molecule has 0 aliphatic heterocycles. The van der Waals surface area contributed by atoms with Crippen molar-refractivity contribution in [2.75, 3.05) is 18.2 Å². The molecule has 0 spiro atoms. The largest absolute Gasteiger partial charge is 0.452 e. The maximum Gasteiger partial charge on any atom is 0.338 e. The molecule has 0 aliphatic rings. The molecule has 0 heterocycles. The summed E-state index contributed by atoms with van der Waals surface area (Å²) in [6.07, 6.45) is 1.93. The van der Waals surface area contributed by atoms with Crippen molar-refractivity contribution in [3.63, 3.8) is 0 Å². The van der Waals surface area contributed by atoms with Gasteiger partial charge in [0.05, 0.1) is 10.5 Å². The summed E-state index contributed by atoms with van der Waals surface area (Å²) in [5.74, 6) is -1.18. The molecular formula is C19H22N2O5S2. The number of benzene rings is 2. The molecule has 0 aliphatic carbocycles. The molecule has 0 radical (unpaired) electrons. The van der Waals surface area contributed by atoms with Crippen LogP contribution in [0.2, 0.25) is 0 Å². The fourth-order valence-electron chi connectivity index (χ4n) is 2.26. The van der Waals surface area contributed by atoms with Crippen molar-refractivity contribution in [1.29, 1.82) is 0 Å². The van der Waals surface area contributed by atoms with Gasteiger partial charge in [0.2, 0.25) is 10.0 Å². The quantitative estimate of drug-likeness (QED) is 0.501. The number of nitrogens with one attached hydrogen (secondary N) is 2. The van der Waals surface area contributed by atoms with Gasteiger partial charge in [-0.1, -0.05) is 6.07 Å². The van der Waals surface area contributed by atoms with Crippen molar-refractivity contribution in [3.05, 3.63) is 54.1 Å². The highest BCUT2D eigenvalue weighted by molar-refractivity contribution is 7.98. The summed E-state index contributed by atoms with van der Waals surface area (Å²) in [6, 6.07) is 12.4. The molecule has 0 aromatic heterocycles. The topological polar surface area (TPSA) is 102 Å². The first-order chi connectivity index (χ1) is 13.2. The number of carbonyl (C=O) groups is 2. The SMILES string of the molecule is CSc1cccc(NC(=O)COC(=O)c2ccc(S(=O)(=O)NC(C)C)cc2)c1. The highest BCUT2D eigenvalue weighted by atomic mass is 32.2. The van der Waals surface area contributed by atoms with E-state index in [4.69, 9.17) is 4.74 Å². The number of ether oxygens (including phenoxy) is 1. The van der Waals surface area contributed by atoms with Crippen LogP contribution in [0, 0.1) is 0 Å². The minimum Gasteiger partial charge on any atom is -0.452 e. The molecule has 0 fully saturated rings. The lowest BCUT2D eigenvalue weighted by molar-refractivity contribution is -0.119. The Bertz CT molecular complexity index is 941. The van der Waals surface area contributed by atoms with Gasteiger partial charge in [-0.05, 0) is 62.6 Å². The van der Waals surface area contributed by atoms with Crippen molar-refractivity contribution in [1.82, 2.24) is 4.72 Å². The fraction of sp³-hybridized carbons (Fsp3) is 0.263. The minimum atomic E-state index is -3.64. The highest BCUT2D eigenvalue weighted by Crippen LogP contribution is 2.19. The summed E-state index contributed by atoms with van der Waals surface area (Å²) in [6.45, 7) is 2.98. The van der Waals surface area contributed by atoms with Crippen molar-refractivity contribution in [3.8, 4) is 0 Å². The van der Waals surface area contributed by atoms with Gasteiger partial charge < -0.3 is 10.1 Å². The Morgan fingerprint density at radius 3 is 2.39 bits per heavy atom. The molecule has 0 atom stereocenters. The fourth-order valence-corrected chi connectivity index (χ4v) is 3.97. The molecule has 0 unspecified atom stereocenters. The molecular weight excluding hydrogens is 400 g/mol. The molecule has 2 aromatic rings. The summed E-state index contributed by atoms with van der Waals surface area (Å²) < 4.78 is 31.6. The molecule has 150 valence electrons. The first-order valence-corrected chi connectivity index (χ1v) is 11.2. The van der Waals surface area contributed by atoms with Crippen LogP contribution in [0.25, 0.3) is 0 Å². The number of hydrogen-bond acceptors (Lipinski definition) is 6. The van der Waals surface area contributed by atoms with Gasteiger partial charge in [-0.25, -0.2) is 17.9 Å². The third-order valence-electron chi connectivity index (χ3n) is 3.48. The van der Waals surface area contributed by atoms with Gasteiger partial charge in [0, 0.05) is 16.6 Å². The highest BCUT2D eigenvalue weighted by Gasteiger charge is 2.17. The Morgan fingerprint density at radius 2 is 1.79 bits per heavy atom. The van der Waals surface area contributed by atoms with Crippen LogP contribution in [0.3, 0.4) is 0 Å².